The zero-order valence-electron chi connectivity index (χ0n) is 44.1. The number of aliphatic carboxylic acids is 1. The van der Waals surface area contributed by atoms with E-state index in [9.17, 15) is 43.5 Å². The summed E-state index contributed by atoms with van der Waals surface area (Å²) in [6.45, 7) is 29.1. The number of nitrogens with zero attached hydrogens (tertiary/aromatic N) is 3. The number of hydrogen-bond donors (Lipinski definition) is 2. The molecule has 0 saturated heterocycles. The van der Waals surface area contributed by atoms with E-state index in [-0.39, 0.29) is 65.0 Å². The SMILES string of the molecule is CC(C)(C)OC(=O)CN(CCCC[C@H](NC(=O)[C@H](CCCCN(CC(=O)OC(C)(C)C)CC(=O)OC(C)(C)C)N(CC(=O)OC(C)(C)C)CC(=O)OC(C)(C)C)C(=O)O)CC(=O)OC(C)(C)C. The van der Waals surface area contributed by atoms with Gasteiger partial charge in [0.05, 0.1) is 45.3 Å². The van der Waals surface area contributed by atoms with E-state index in [0.29, 0.717) is 12.8 Å². The van der Waals surface area contributed by atoms with Crippen molar-refractivity contribution in [1.82, 2.24) is 20.0 Å². The van der Waals surface area contributed by atoms with E-state index >= 15 is 0 Å². The highest BCUT2D eigenvalue weighted by atomic mass is 16.6. The van der Waals surface area contributed by atoms with Gasteiger partial charge in [0.15, 0.2) is 0 Å². The zero-order valence-corrected chi connectivity index (χ0v) is 44.1. The third-order valence-corrected chi connectivity index (χ3v) is 8.37. The van der Waals surface area contributed by atoms with Crippen LogP contribution in [0.4, 0.5) is 0 Å². The minimum absolute atomic E-state index is 0.000768. The lowest BCUT2D eigenvalue weighted by atomic mass is 10.0. The fourth-order valence-corrected chi connectivity index (χ4v) is 6.37. The number of carboxylic acids is 1. The lowest BCUT2D eigenvalue weighted by Crippen LogP contribution is -2.54. The van der Waals surface area contributed by atoms with E-state index in [1.54, 1.807) is 134 Å². The number of amides is 1. The van der Waals surface area contributed by atoms with E-state index < -0.39 is 106 Å². The molecule has 2 atom stereocenters. The number of nitrogens with one attached hydrogen (secondary N) is 1. The van der Waals surface area contributed by atoms with Gasteiger partial charge >= 0.3 is 41.8 Å². The second kappa shape index (κ2) is 27.0. The normalized spacial score (nSPS) is 13.7. The molecule has 0 aliphatic carbocycles. The molecule has 0 bridgehead atoms. The van der Waals surface area contributed by atoms with E-state index in [1.165, 1.54) is 4.90 Å². The summed E-state index contributed by atoms with van der Waals surface area (Å²) in [4.78, 5) is 109. The van der Waals surface area contributed by atoms with Crippen molar-refractivity contribution in [3.05, 3.63) is 0 Å². The van der Waals surface area contributed by atoms with E-state index in [4.69, 9.17) is 28.4 Å². The van der Waals surface area contributed by atoms with Crippen LogP contribution in [0.25, 0.3) is 0 Å². The Balaban J connectivity index is 6.63. The third kappa shape index (κ3) is 34.6. The zero-order chi connectivity index (χ0) is 52.4. The van der Waals surface area contributed by atoms with Crippen LogP contribution in [0.5, 0.6) is 0 Å². The van der Waals surface area contributed by atoms with Gasteiger partial charge in [0, 0.05) is 0 Å². The third-order valence-electron chi connectivity index (χ3n) is 8.37. The van der Waals surface area contributed by atoms with Crippen LogP contribution in [0.2, 0.25) is 0 Å². The fourth-order valence-electron chi connectivity index (χ4n) is 6.37. The average Bonchev–Trinajstić information content (AvgIpc) is 3.03. The highest BCUT2D eigenvalue weighted by Crippen LogP contribution is 2.18. The Morgan fingerprint density at radius 3 is 0.910 bits per heavy atom. The van der Waals surface area contributed by atoms with Gasteiger partial charge in [0.1, 0.15) is 39.6 Å². The van der Waals surface area contributed by atoms with Gasteiger partial charge in [-0.25, -0.2) is 4.79 Å². The van der Waals surface area contributed by atoms with E-state index in [2.05, 4.69) is 5.32 Å². The number of unbranched alkanes of at least 4 members (excludes halogenated alkanes) is 2. The molecule has 0 aromatic heterocycles. The van der Waals surface area contributed by atoms with Crippen molar-refractivity contribution in [3.8, 4) is 0 Å². The van der Waals surface area contributed by atoms with Crippen LogP contribution in [0.3, 0.4) is 0 Å². The van der Waals surface area contributed by atoms with E-state index in [0.717, 1.165) is 0 Å². The predicted octanol–water partition coefficient (Wildman–Crippen LogP) is 5.22. The Kier molecular flexibility index (Phi) is 25.2. The van der Waals surface area contributed by atoms with Crippen LogP contribution in [0, 0.1) is 0 Å². The Hall–Kier alpha value is -4.36. The highest BCUT2D eigenvalue weighted by molar-refractivity contribution is 5.88. The summed E-state index contributed by atoms with van der Waals surface area (Å²) in [5.41, 5.74) is -4.92. The first-order valence-corrected chi connectivity index (χ1v) is 23.1. The molecular weight excluding hydrogens is 873 g/mol. The molecule has 0 heterocycles. The Morgan fingerprint density at radius 1 is 0.403 bits per heavy atom. The van der Waals surface area contributed by atoms with Gasteiger partial charge in [-0.1, -0.05) is 6.42 Å². The maximum Gasteiger partial charge on any atom is 0.326 e. The Labute approximate surface area is 399 Å². The summed E-state index contributed by atoms with van der Waals surface area (Å²) in [7, 11) is 0. The van der Waals surface area contributed by atoms with Crippen LogP contribution in [0.15, 0.2) is 0 Å². The molecule has 0 spiro atoms. The van der Waals surface area contributed by atoms with Gasteiger partial charge in [-0.15, -0.1) is 0 Å². The molecule has 0 aromatic carbocycles. The molecule has 2 N–H and O–H groups in total. The first kappa shape index (κ1) is 62.6. The number of carbonyl (C=O) groups is 8. The summed E-state index contributed by atoms with van der Waals surface area (Å²) >= 11 is 0. The summed E-state index contributed by atoms with van der Waals surface area (Å²) < 4.78 is 33.0. The van der Waals surface area contributed by atoms with Crippen molar-refractivity contribution in [2.45, 2.75) is 209 Å². The standard InChI is InChI=1S/C48H86N4O15/c1-43(2,3)62-35(53)27-50(28-36(54)63-44(4,5)6)25-21-19-23-33(42(60)61)49-41(59)34(52(31-39(57)66-47(13,14)15)32-40(58)67-48(16,17)18)24-20-22-26-51(29-37(55)64-45(7,8)9)30-38(56)65-46(10,11)12/h33-34H,19-32H2,1-18H3,(H,49,59)(H,60,61)/t33-,34-/m0/s1. The molecular formula is C48H86N4O15. The summed E-state index contributed by atoms with van der Waals surface area (Å²) in [5.74, 6) is -5.84. The van der Waals surface area contributed by atoms with Crippen LogP contribution in [-0.2, 0) is 66.8 Å². The fraction of sp³-hybridized carbons (Fsp3) is 0.833. The molecule has 0 aliphatic rings. The second-order valence-corrected chi connectivity index (χ2v) is 22.8. The van der Waals surface area contributed by atoms with Crippen LogP contribution in [-0.4, -0.2) is 166 Å². The van der Waals surface area contributed by atoms with Crippen molar-refractivity contribution in [2.24, 2.45) is 0 Å². The molecule has 1 amide bonds. The number of carbonyl (C=O) groups excluding carboxylic acids is 7. The predicted molar refractivity (Wildman–Crippen MR) is 251 cm³/mol. The number of carboxylic acid groups (broad SMARTS) is 1. The number of hydrogen-bond acceptors (Lipinski definition) is 17. The Bertz CT molecular complexity index is 1550. The molecule has 0 aliphatic heterocycles. The number of ether oxygens (including phenoxy) is 6. The van der Waals surface area contributed by atoms with Gasteiger partial charge < -0.3 is 38.8 Å². The minimum atomic E-state index is -1.41. The summed E-state index contributed by atoms with van der Waals surface area (Å²) in [6.07, 6.45) is 1.07. The van der Waals surface area contributed by atoms with Crippen LogP contribution < -0.4 is 5.32 Å². The molecule has 0 aromatic rings. The maximum atomic E-state index is 14.4. The first-order valence-electron chi connectivity index (χ1n) is 23.1. The number of rotatable bonds is 26. The second-order valence-electron chi connectivity index (χ2n) is 22.8. The monoisotopic (exact) mass is 959 g/mol. The van der Waals surface area contributed by atoms with Gasteiger partial charge in [-0.3, -0.25) is 48.3 Å². The van der Waals surface area contributed by atoms with Crippen molar-refractivity contribution in [1.29, 1.82) is 0 Å². The summed E-state index contributed by atoms with van der Waals surface area (Å²) in [6, 6.07) is -2.67. The van der Waals surface area contributed by atoms with Crippen LogP contribution in [0.1, 0.15) is 163 Å². The molecule has 0 radical (unpaired) electrons. The van der Waals surface area contributed by atoms with Crippen molar-refractivity contribution in [2.75, 3.05) is 52.4 Å². The molecule has 19 heteroatoms. The number of esters is 6. The summed E-state index contributed by atoms with van der Waals surface area (Å²) in [5, 5.41) is 12.9. The minimum Gasteiger partial charge on any atom is -0.480 e. The van der Waals surface area contributed by atoms with Gasteiger partial charge in [-0.2, -0.15) is 0 Å². The smallest absolute Gasteiger partial charge is 0.326 e. The molecule has 67 heavy (non-hydrogen) atoms. The lowest BCUT2D eigenvalue weighted by Gasteiger charge is -2.32. The topological polar surface area (TPSA) is 234 Å². The van der Waals surface area contributed by atoms with Crippen molar-refractivity contribution < 1.29 is 71.9 Å². The largest absolute Gasteiger partial charge is 0.480 e. The molecule has 19 nitrogen and oxygen atoms in total. The molecule has 0 unspecified atom stereocenters. The van der Waals surface area contributed by atoms with Crippen molar-refractivity contribution in [3.63, 3.8) is 0 Å². The first-order chi connectivity index (χ1) is 30.1. The van der Waals surface area contributed by atoms with Crippen LogP contribution >= 0.6 is 0 Å². The highest BCUT2D eigenvalue weighted by Gasteiger charge is 2.35. The lowest BCUT2D eigenvalue weighted by molar-refractivity contribution is -0.163. The molecule has 0 saturated carbocycles. The molecule has 0 fully saturated rings. The maximum absolute atomic E-state index is 14.4. The van der Waals surface area contributed by atoms with Crippen molar-refractivity contribution >= 4 is 47.7 Å². The average molecular weight is 959 g/mol. The van der Waals surface area contributed by atoms with Gasteiger partial charge in [0.2, 0.25) is 5.91 Å². The van der Waals surface area contributed by atoms with Gasteiger partial charge in [0.25, 0.3) is 0 Å². The molecule has 388 valence electrons. The quantitative estimate of drug-likeness (QED) is 0.0642. The van der Waals surface area contributed by atoms with E-state index in [1.807, 2.05) is 0 Å². The van der Waals surface area contributed by atoms with Gasteiger partial charge in [-0.05, 0) is 170 Å². The molecule has 0 rings (SSSR count). The Morgan fingerprint density at radius 2 is 0.657 bits per heavy atom.